The van der Waals surface area contributed by atoms with Crippen molar-refractivity contribution in [3.05, 3.63) is 70.5 Å². The number of aromatic nitrogens is 1. The Hall–Kier alpha value is -3.08. The molecule has 0 bridgehead atoms. The number of pyridine rings is 1. The highest BCUT2D eigenvalue weighted by molar-refractivity contribution is 5.92. The number of nitrogens with zero attached hydrogens (tertiary/aromatic N) is 1. The number of rotatable bonds is 4. The zero-order chi connectivity index (χ0) is 17.1. The highest BCUT2D eigenvalue weighted by atomic mass is 16.5. The van der Waals surface area contributed by atoms with Crippen LogP contribution in [0.5, 0.6) is 5.75 Å². The first-order chi connectivity index (χ1) is 11.6. The third kappa shape index (κ3) is 3.15. The first-order valence-electron chi connectivity index (χ1n) is 7.61. The molecule has 1 N–H and O–H groups in total. The summed E-state index contributed by atoms with van der Waals surface area (Å²) in [5, 5.41) is 3.73. The maximum absolute atomic E-state index is 12.4. The fraction of sp³-hybridized carbons (Fsp3) is 0.158. The molecule has 1 amide bonds. The average Bonchev–Trinajstić information content (AvgIpc) is 2.59. The van der Waals surface area contributed by atoms with Crippen molar-refractivity contribution in [3.63, 3.8) is 0 Å². The summed E-state index contributed by atoms with van der Waals surface area (Å²) in [7, 11) is 1.57. The normalized spacial score (nSPS) is 10.6. The lowest BCUT2D eigenvalue weighted by atomic mass is 10.1. The molecule has 0 saturated heterocycles. The van der Waals surface area contributed by atoms with Crippen molar-refractivity contribution in [3.8, 4) is 5.75 Å². The number of aryl methyl sites for hydroxylation is 1. The molecule has 0 spiro atoms. The minimum Gasteiger partial charge on any atom is -0.497 e. The molecule has 0 saturated carbocycles. The quantitative estimate of drug-likeness (QED) is 0.803. The summed E-state index contributed by atoms with van der Waals surface area (Å²) in [5.74, 6) is 0.395. The predicted octanol–water partition coefficient (Wildman–Crippen LogP) is 2.96. The number of carbonyl (C=O) groups is 1. The lowest BCUT2D eigenvalue weighted by molar-refractivity contribution is -0.116. The smallest absolute Gasteiger partial charge is 0.254 e. The van der Waals surface area contributed by atoms with Gasteiger partial charge in [-0.05, 0) is 36.6 Å². The molecule has 2 aromatic carbocycles. The largest absolute Gasteiger partial charge is 0.497 e. The molecule has 0 aliphatic heterocycles. The van der Waals surface area contributed by atoms with E-state index in [1.54, 1.807) is 38.3 Å². The molecule has 0 unspecified atom stereocenters. The van der Waals surface area contributed by atoms with Crippen LogP contribution >= 0.6 is 0 Å². The Morgan fingerprint density at radius 2 is 1.92 bits per heavy atom. The van der Waals surface area contributed by atoms with Crippen molar-refractivity contribution in [1.29, 1.82) is 0 Å². The highest BCUT2D eigenvalue weighted by Gasteiger charge is 2.11. The Morgan fingerprint density at radius 1 is 1.12 bits per heavy atom. The Labute approximate surface area is 139 Å². The van der Waals surface area contributed by atoms with Gasteiger partial charge in [0.2, 0.25) is 5.91 Å². The van der Waals surface area contributed by atoms with E-state index in [9.17, 15) is 9.59 Å². The van der Waals surface area contributed by atoms with E-state index in [0.29, 0.717) is 17.0 Å². The van der Waals surface area contributed by atoms with E-state index in [1.165, 1.54) is 4.57 Å². The number of para-hydroxylation sites is 1. The molecule has 0 aliphatic carbocycles. The number of amides is 1. The minimum atomic E-state index is -0.263. The highest BCUT2D eigenvalue weighted by Crippen LogP contribution is 2.17. The maximum Gasteiger partial charge on any atom is 0.254 e. The van der Waals surface area contributed by atoms with Crippen LogP contribution in [-0.2, 0) is 11.3 Å². The number of carbonyl (C=O) groups excluding carboxylic acids is 1. The van der Waals surface area contributed by atoms with Crippen molar-refractivity contribution in [2.24, 2.45) is 0 Å². The van der Waals surface area contributed by atoms with Crippen LogP contribution in [0.3, 0.4) is 0 Å². The molecule has 1 heterocycles. The third-order valence-electron chi connectivity index (χ3n) is 3.84. The number of hydrogen-bond donors (Lipinski definition) is 1. The van der Waals surface area contributed by atoms with Crippen LogP contribution in [0.15, 0.2) is 59.4 Å². The lowest BCUT2D eigenvalue weighted by Gasteiger charge is -2.12. The molecule has 0 fully saturated rings. The lowest BCUT2D eigenvalue weighted by Crippen LogP contribution is -2.29. The minimum absolute atomic E-state index is 0.0434. The summed E-state index contributed by atoms with van der Waals surface area (Å²) in [6.45, 7) is 1.71. The SMILES string of the molecule is COc1cccc(NC(=O)Cn2c(=O)c(C)cc3ccccc32)c1. The van der Waals surface area contributed by atoms with E-state index in [1.807, 2.05) is 30.3 Å². The first kappa shape index (κ1) is 15.8. The zero-order valence-corrected chi connectivity index (χ0v) is 13.6. The maximum atomic E-state index is 12.4. The van der Waals surface area contributed by atoms with Gasteiger partial charge in [-0.25, -0.2) is 0 Å². The molecule has 122 valence electrons. The fourth-order valence-corrected chi connectivity index (χ4v) is 2.67. The van der Waals surface area contributed by atoms with Crippen LogP contribution in [0.25, 0.3) is 10.9 Å². The second-order valence-corrected chi connectivity index (χ2v) is 5.56. The Bertz CT molecular complexity index is 960. The van der Waals surface area contributed by atoms with E-state index in [4.69, 9.17) is 4.74 Å². The first-order valence-corrected chi connectivity index (χ1v) is 7.61. The van der Waals surface area contributed by atoms with Crippen molar-refractivity contribution < 1.29 is 9.53 Å². The van der Waals surface area contributed by atoms with Gasteiger partial charge in [-0.15, -0.1) is 0 Å². The van der Waals surface area contributed by atoms with Gasteiger partial charge in [-0.1, -0.05) is 24.3 Å². The zero-order valence-electron chi connectivity index (χ0n) is 13.6. The van der Waals surface area contributed by atoms with Crippen molar-refractivity contribution in [1.82, 2.24) is 4.57 Å². The number of nitrogens with one attached hydrogen (secondary N) is 1. The topological polar surface area (TPSA) is 60.3 Å². The molecule has 24 heavy (non-hydrogen) atoms. The fourth-order valence-electron chi connectivity index (χ4n) is 2.67. The molecule has 0 aliphatic rings. The van der Waals surface area contributed by atoms with Crippen LogP contribution in [0, 0.1) is 6.92 Å². The molecule has 5 heteroatoms. The van der Waals surface area contributed by atoms with Crippen LogP contribution in [0.4, 0.5) is 5.69 Å². The van der Waals surface area contributed by atoms with E-state index >= 15 is 0 Å². The monoisotopic (exact) mass is 322 g/mol. The van der Waals surface area contributed by atoms with Gasteiger partial charge in [0.05, 0.1) is 12.6 Å². The second-order valence-electron chi connectivity index (χ2n) is 5.56. The summed E-state index contributed by atoms with van der Waals surface area (Å²) in [5.41, 5.74) is 1.83. The molecular weight excluding hydrogens is 304 g/mol. The Balaban J connectivity index is 1.90. The van der Waals surface area contributed by atoms with Gasteiger partial charge in [0, 0.05) is 17.3 Å². The Morgan fingerprint density at radius 3 is 2.71 bits per heavy atom. The predicted molar refractivity (Wildman–Crippen MR) is 94.6 cm³/mol. The van der Waals surface area contributed by atoms with Gasteiger partial charge >= 0.3 is 0 Å². The van der Waals surface area contributed by atoms with Gasteiger partial charge in [-0.2, -0.15) is 0 Å². The number of fused-ring (bicyclic) bond motifs is 1. The standard InChI is InChI=1S/C19H18N2O3/c1-13-10-14-6-3-4-9-17(14)21(19(13)23)12-18(22)20-15-7-5-8-16(11-15)24-2/h3-11H,12H2,1-2H3,(H,20,22). The molecular formula is C19H18N2O3. The van der Waals surface area contributed by atoms with Gasteiger partial charge in [0.15, 0.2) is 0 Å². The number of ether oxygens (including phenoxy) is 1. The molecule has 1 aromatic heterocycles. The van der Waals surface area contributed by atoms with Gasteiger partial charge < -0.3 is 10.1 Å². The summed E-state index contributed by atoms with van der Waals surface area (Å²) in [6, 6.07) is 16.5. The molecule has 5 nitrogen and oxygen atoms in total. The van der Waals surface area contributed by atoms with Crippen molar-refractivity contribution in [2.45, 2.75) is 13.5 Å². The molecule has 3 aromatic rings. The third-order valence-corrected chi connectivity index (χ3v) is 3.84. The van der Waals surface area contributed by atoms with Crippen LogP contribution < -0.4 is 15.6 Å². The van der Waals surface area contributed by atoms with Crippen LogP contribution in [0.1, 0.15) is 5.56 Å². The summed E-state index contributed by atoms with van der Waals surface area (Å²) < 4.78 is 6.64. The van der Waals surface area contributed by atoms with Gasteiger partial charge in [0.25, 0.3) is 5.56 Å². The molecule has 3 rings (SSSR count). The number of benzene rings is 2. The second kappa shape index (κ2) is 6.58. The van der Waals surface area contributed by atoms with Gasteiger partial charge in [-0.3, -0.25) is 14.2 Å². The molecule has 0 atom stereocenters. The summed E-state index contributed by atoms with van der Waals surface area (Å²) in [6.07, 6.45) is 0. The average molecular weight is 322 g/mol. The summed E-state index contributed by atoms with van der Waals surface area (Å²) in [4.78, 5) is 24.8. The van der Waals surface area contributed by atoms with E-state index in [0.717, 1.165) is 10.9 Å². The van der Waals surface area contributed by atoms with Crippen LogP contribution in [0.2, 0.25) is 0 Å². The van der Waals surface area contributed by atoms with E-state index in [-0.39, 0.29) is 18.0 Å². The van der Waals surface area contributed by atoms with E-state index in [2.05, 4.69) is 5.32 Å². The van der Waals surface area contributed by atoms with Crippen molar-refractivity contribution in [2.75, 3.05) is 12.4 Å². The van der Waals surface area contributed by atoms with Gasteiger partial charge in [0.1, 0.15) is 12.3 Å². The van der Waals surface area contributed by atoms with E-state index < -0.39 is 0 Å². The Kier molecular flexibility index (Phi) is 4.33. The van der Waals surface area contributed by atoms with Crippen LogP contribution in [-0.4, -0.2) is 17.6 Å². The molecule has 0 radical (unpaired) electrons. The number of hydrogen-bond acceptors (Lipinski definition) is 3. The number of methoxy groups -OCH3 is 1. The summed E-state index contributed by atoms with van der Waals surface area (Å²) >= 11 is 0. The van der Waals surface area contributed by atoms with Crippen molar-refractivity contribution >= 4 is 22.5 Å². The number of anilines is 1.